The van der Waals surface area contributed by atoms with Crippen molar-refractivity contribution >= 4 is 11.9 Å². The number of morpholine rings is 1. The van der Waals surface area contributed by atoms with Crippen LogP contribution in [0.15, 0.2) is 4.99 Å². The van der Waals surface area contributed by atoms with E-state index in [1.807, 2.05) is 0 Å². The second kappa shape index (κ2) is 8.35. The molecule has 2 aliphatic carbocycles. The highest BCUT2D eigenvalue weighted by atomic mass is 16.5. The van der Waals surface area contributed by atoms with Crippen LogP contribution in [0.3, 0.4) is 0 Å². The Hall–Kier alpha value is -1.34. The molecule has 0 aromatic carbocycles. The zero-order chi connectivity index (χ0) is 18.8. The fraction of sp³-hybridized carbons (Fsp3) is 0.900. The summed E-state index contributed by atoms with van der Waals surface area (Å²) >= 11 is 0. The minimum atomic E-state index is 0.0613. The van der Waals surface area contributed by atoms with Crippen molar-refractivity contribution in [3.05, 3.63) is 0 Å². The van der Waals surface area contributed by atoms with Gasteiger partial charge in [0.2, 0.25) is 5.91 Å². The van der Waals surface area contributed by atoms with Crippen molar-refractivity contribution in [2.24, 2.45) is 16.8 Å². The number of carbonyl (C=O) groups excluding carboxylic acids is 1. The van der Waals surface area contributed by atoms with E-state index in [9.17, 15) is 4.79 Å². The first-order valence-corrected chi connectivity index (χ1v) is 10.7. The van der Waals surface area contributed by atoms with Gasteiger partial charge in [0.15, 0.2) is 5.96 Å². The van der Waals surface area contributed by atoms with Gasteiger partial charge in [0.25, 0.3) is 0 Å². The summed E-state index contributed by atoms with van der Waals surface area (Å²) in [5.74, 6) is 2.71. The molecule has 2 bridgehead atoms. The monoisotopic (exact) mass is 377 g/mol. The van der Waals surface area contributed by atoms with Crippen LogP contribution in [0.5, 0.6) is 0 Å². The van der Waals surface area contributed by atoms with Crippen LogP contribution in [0.1, 0.15) is 32.1 Å². The van der Waals surface area contributed by atoms with Gasteiger partial charge in [-0.1, -0.05) is 6.42 Å². The van der Waals surface area contributed by atoms with E-state index in [-0.39, 0.29) is 12.5 Å². The number of guanidine groups is 1. The van der Waals surface area contributed by atoms with Crippen LogP contribution in [0.25, 0.3) is 0 Å². The fourth-order valence-corrected chi connectivity index (χ4v) is 5.28. The number of nitrogens with zero attached hydrogens (tertiary/aromatic N) is 4. The Morgan fingerprint density at radius 2 is 1.96 bits per heavy atom. The maximum atomic E-state index is 12.1. The second-order valence-corrected chi connectivity index (χ2v) is 8.89. The van der Waals surface area contributed by atoms with Crippen molar-refractivity contribution in [3.63, 3.8) is 0 Å². The van der Waals surface area contributed by atoms with Crippen LogP contribution in [0, 0.1) is 11.8 Å². The summed E-state index contributed by atoms with van der Waals surface area (Å²) in [5.41, 5.74) is 0. The van der Waals surface area contributed by atoms with E-state index in [2.05, 4.69) is 15.1 Å². The molecule has 4 unspecified atom stereocenters. The van der Waals surface area contributed by atoms with Crippen molar-refractivity contribution in [2.45, 2.75) is 44.2 Å². The molecule has 4 rings (SSSR count). The number of carbonyl (C=O) groups is 1. The highest BCUT2D eigenvalue weighted by Crippen LogP contribution is 2.44. The molecule has 7 nitrogen and oxygen atoms in total. The standard InChI is InChI=1S/C20H35N5O2/c1-23(2)19(26)13-21-20(22-18-12-15-3-4-16(18)11-15)25-6-5-17(14-25)24-7-9-27-10-8-24/h15-18H,3-14H2,1-2H3,(H,21,22). The molecule has 1 N–H and O–H groups in total. The first kappa shape index (κ1) is 19.0. The Balaban J connectivity index is 1.41. The first-order chi connectivity index (χ1) is 13.1. The Labute approximate surface area is 163 Å². The lowest BCUT2D eigenvalue weighted by Crippen LogP contribution is -2.49. The maximum absolute atomic E-state index is 12.1. The number of ether oxygens (including phenoxy) is 1. The molecule has 0 aromatic rings. The molecule has 2 heterocycles. The van der Waals surface area contributed by atoms with Crippen LogP contribution in [-0.2, 0) is 9.53 Å². The summed E-state index contributed by atoms with van der Waals surface area (Å²) < 4.78 is 5.50. The van der Waals surface area contributed by atoms with Gasteiger partial charge in [-0.25, -0.2) is 4.99 Å². The number of likely N-dealkylation sites (N-methyl/N-ethyl adjacent to an activating group) is 1. The lowest BCUT2D eigenvalue weighted by atomic mass is 9.95. The molecule has 0 aromatic heterocycles. The summed E-state index contributed by atoms with van der Waals surface area (Å²) in [7, 11) is 3.59. The highest BCUT2D eigenvalue weighted by molar-refractivity contribution is 5.85. The summed E-state index contributed by atoms with van der Waals surface area (Å²) in [6.07, 6.45) is 6.56. The fourth-order valence-electron chi connectivity index (χ4n) is 5.28. The summed E-state index contributed by atoms with van der Waals surface area (Å²) in [6, 6.07) is 1.12. The average molecular weight is 378 g/mol. The van der Waals surface area contributed by atoms with Gasteiger partial charge in [0.05, 0.1) is 13.2 Å². The van der Waals surface area contributed by atoms with E-state index in [4.69, 9.17) is 9.73 Å². The van der Waals surface area contributed by atoms with Gasteiger partial charge in [-0.05, 0) is 37.5 Å². The van der Waals surface area contributed by atoms with E-state index in [0.717, 1.165) is 57.2 Å². The third-order valence-corrected chi connectivity index (χ3v) is 6.94. The third kappa shape index (κ3) is 4.40. The molecular formula is C20H35N5O2. The molecule has 2 saturated heterocycles. The largest absolute Gasteiger partial charge is 0.379 e. The molecular weight excluding hydrogens is 342 g/mol. The molecule has 27 heavy (non-hydrogen) atoms. The van der Waals surface area contributed by atoms with E-state index in [1.165, 1.54) is 32.1 Å². The number of hydrogen-bond donors (Lipinski definition) is 1. The number of fused-ring (bicyclic) bond motifs is 2. The van der Waals surface area contributed by atoms with E-state index >= 15 is 0 Å². The third-order valence-electron chi connectivity index (χ3n) is 6.94. The van der Waals surface area contributed by atoms with Crippen molar-refractivity contribution in [1.29, 1.82) is 0 Å². The number of nitrogens with one attached hydrogen (secondary N) is 1. The number of amides is 1. The van der Waals surface area contributed by atoms with Gasteiger partial charge >= 0.3 is 0 Å². The Kier molecular flexibility index (Phi) is 5.88. The molecule has 2 aliphatic heterocycles. The predicted octanol–water partition coefficient (Wildman–Crippen LogP) is 0.615. The number of rotatable bonds is 4. The van der Waals surface area contributed by atoms with Crippen LogP contribution in [0.2, 0.25) is 0 Å². The summed E-state index contributed by atoms with van der Waals surface area (Å²) in [4.78, 5) is 23.4. The van der Waals surface area contributed by atoms with Crippen LogP contribution in [-0.4, -0.2) is 98.7 Å². The Bertz CT molecular complexity index is 561. The first-order valence-electron chi connectivity index (χ1n) is 10.7. The molecule has 0 radical (unpaired) electrons. The second-order valence-electron chi connectivity index (χ2n) is 8.89. The lowest BCUT2D eigenvalue weighted by molar-refractivity contribution is -0.127. The van der Waals surface area contributed by atoms with Crippen LogP contribution < -0.4 is 5.32 Å². The van der Waals surface area contributed by atoms with Crippen LogP contribution >= 0.6 is 0 Å². The van der Waals surface area contributed by atoms with Crippen LogP contribution in [0.4, 0.5) is 0 Å². The van der Waals surface area contributed by atoms with Gasteiger partial charge < -0.3 is 19.9 Å². The highest BCUT2D eigenvalue weighted by Gasteiger charge is 2.41. The average Bonchev–Trinajstić information content (AvgIpc) is 3.42. The smallest absolute Gasteiger partial charge is 0.243 e. The molecule has 0 spiro atoms. The lowest BCUT2D eigenvalue weighted by Gasteiger charge is -2.33. The predicted molar refractivity (Wildman–Crippen MR) is 106 cm³/mol. The van der Waals surface area contributed by atoms with Gasteiger partial charge in [-0.3, -0.25) is 9.69 Å². The topological polar surface area (TPSA) is 60.4 Å². The molecule has 4 fully saturated rings. The maximum Gasteiger partial charge on any atom is 0.243 e. The SMILES string of the molecule is CN(C)C(=O)CN=C(NC1CC2CCC1C2)N1CCC(N2CCOCC2)C1. The summed E-state index contributed by atoms with van der Waals surface area (Å²) in [5, 5.41) is 3.77. The number of likely N-dealkylation sites (tertiary alicyclic amines) is 1. The van der Waals surface area contributed by atoms with Crippen molar-refractivity contribution < 1.29 is 9.53 Å². The molecule has 152 valence electrons. The molecule has 2 saturated carbocycles. The number of hydrogen-bond acceptors (Lipinski definition) is 4. The Morgan fingerprint density at radius 1 is 1.15 bits per heavy atom. The minimum Gasteiger partial charge on any atom is -0.379 e. The quantitative estimate of drug-likeness (QED) is 0.575. The van der Waals surface area contributed by atoms with Gasteiger partial charge in [-0.15, -0.1) is 0 Å². The van der Waals surface area contributed by atoms with Gasteiger partial charge in [0, 0.05) is 52.4 Å². The van der Waals surface area contributed by atoms with Crippen molar-refractivity contribution in [1.82, 2.24) is 20.0 Å². The molecule has 1 amide bonds. The van der Waals surface area contributed by atoms with Crippen molar-refractivity contribution in [3.8, 4) is 0 Å². The van der Waals surface area contributed by atoms with E-state index in [1.54, 1.807) is 19.0 Å². The van der Waals surface area contributed by atoms with Gasteiger partial charge in [0.1, 0.15) is 6.54 Å². The minimum absolute atomic E-state index is 0.0613. The molecule has 4 atom stereocenters. The van der Waals surface area contributed by atoms with Gasteiger partial charge in [-0.2, -0.15) is 0 Å². The zero-order valence-corrected chi connectivity index (χ0v) is 16.9. The van der Waals surface area contributed by atoms with Crippen molar-refractivity contribution in [2.75, 3.05) is 60.0 Å². The zero-order valence-electron chi connectivity index (χ0n) is 16.9. The molecule has 4 aliphatic rings. The van der Waals surface area contributed by atoms with E-state index < -0.39 is 0 Å². The van der Waals surface area contributed by atoms with E-state index in [0.29, 0.717) is 12.1 Å². The number of aliphatic imine (C=N–C) groups is 1. The molecule has 7 heteroatoms. The Morgan fingerprint density at radius 3 is 2.63 bits per heavy atom. The summed E-state index contributed by atoms with van der Waals surface area (Å²) in [6.45, 7) is 6.01. The normalized spacial score (nSPS) is 34.3.